The normalized spacial score (nSPS) is 8.90. The first-order valence-electron chi connectivity index (χ1n) is 5.81. The van der Waals surface area contributed by atoms with Crippen LogP contribution < -0.4 is 0 Å². The summed E-state index contributed by atoms with van der Waals surface area (Å²) in [7, 11) is 1.33. The summed E-state index contributed by atoms with van der Waals surface area (Å²) in [5.41, 5.74) is 0.433. The van der Waals surface area contributed by atoms with Gasteiger partial charge in [-0.3, -0.25) is 0 Å². The molecule has 116 valence electrons. The van der Waals surface area contributed by atoms with Crippen LogP contribution in [0, 0.1) is 0 Å². The SMILES string of the molecule is C=C(C)C(=O)OC.C=CCOCCOCCOC(=O)O. The van der Waals surface area contributed by atoms with Crippen molar-refractivity contribution < 1.29 is 33.6 Å². The van der Waals surface area contributed by atoms with E-state index in [0.717, 1.165) is 0 Å². The summed E-state index contributed by atoms with van der Waals surface area (Å²) in [5.74, 6) is -0.347. The quantitative estimate of drug-likeness (QED) is 0.298. The number of rotatable bonds is 9. The molecule has 0 atom stereocenters. The number of methoxy groups -OCH3 is 1. The first-order chi connectivity index (χ1) is 9.45. The van der Waals surface area contributed by atoms with Crippen molar-refractivity contribution in [2.75, 3.05) is 40.1 Å². The van der Waals surface area contributed by atoms with Crippen molar-refractivity contribution in [1.29, 1.82) is 0 Å². The number of hydrogen-bond donors (Lipinski definition) is 1. The van der Waals surface area contributed by atoms with Gasteiger partial charge in [0.05, 0.1) is 33.5 Å². The van der Waals surface area contributed by atoms with Crippen molar-refractivity contribution in [1.82, 2.24) is 0 Å². The molecule has 0 heterocycles. The zero-order chi connectivity index (χ0) is 15.8. The highest BCUT2D eigenvalue weighted by Gasteiger charge is 1.95. The molecule has 0 aromatic heterocycles. The van der Waals surface area contributed by atoms with Crippen LogP contribution in [-0.4, -0.2) is 57.4 Å². The molecular weight excluding hydrogens is 268 g/mol. The average molecular weight is 290 g/mol. The van der Waals surface area contributed by atoms with Gasteiger partial charge in [0.2, 0.25) is 0 Å². The third-order valence-corrected chi connectivity index (χ3v) is 1.59. The molecule has 7 heteroatoms. The van der Waals surface area contributed by atoms with E-state index in [1.165, 1.54) is 7.11 Å². The maximum absolute atomic E-state index is 10.2. The van der Waals surface area contributed by atoms with Gasteiger partial charge in [0.25, 0.3) is 0 Å². The van der Waals surface area contributed by atoms with Gasteiger partial charge in [-0.2, -0.15) is 0 Å². The monoisotopic (exact) mass is 290 g/mol. The minimum Gasteiger partial charge on any atom is -0.466 e. The van der Waals surface area contributed by atoms with Crippen molar-refractivity contribution >= 4 is 12.1 Å². The number of carbonyl (C=O) groups is 2. The Morgan fingerprint density at radius 3 is 2.10 bits per heavy atom. The molecule has 0 rings (SSSR count). The van der Waals surface area contributed by atoms with E-state index in [9.17, 15) is 9.59 Å². The van der Waals surface area contributed by atoms with E-state index in [-0.39, 0.29) is 19.2 Å². The number of carbonyl (C=O) groups excluding carboxylic acids is 1. The largest absolute Gasteiger partial charge is 0.505 e. The Labute approximate surface area is 118 Å². The highest BCUT2D eigenvalue weighted by molar-refractivity contribution is 5.86. The summed E-state index contributed by atoms with van der Waals surface area (Å²) < 4.78 is 18.5. The molecule has 0 aliphatic carbocycles. The average Bonchev–Trinajstić information content (AvgIpc) is 2.41. The Bertz CT molecular complexity index is 299. The van der Waals surface area contributed by atoms with E-state index in [4.69, 9.17) is 14.6 Å². The molecule has 0 amide bonds. The first-order valence-corrected chi connectivity index (χ1v) is 5.81. The summed E-state index contributed by atoms with van der Waals surface area (Å²) in [5, 5.41) is 8.07. The number of hydrogen-bond acceptors (Lipinski definition) is 6. The molecule has 0 fully saturated rings. The first kappa shape index (κ1) is 20.5. The predicted octanol–water partition coefficient (Wildman–Crippen LogP) is 1.64. The van der Waals surface area contributed by atoms with E-state index in [0.29, 0.717) is 25.4 Å². The van der Waals surface area contributed by atoms with Crippen LogP contribution >= 0.6 is 0 Å². The van der Waals surface area contributed by atoms with Crippen molar-refractivity contribution in [2.45, 2.75) is 6.92 Å². The molecule has 0 saturated heterocycles. The summed E-state index contributed by atoms with van der Waals surface area (Å²) in [6, 6.07) is 0. The van der Waals surface area contributed by atoms with Gasteiger partial charge in [-0.05, 0) is 6.92 Å². The molecule has 0 spiro atoms. The van der Waals surface area contributed by atoms with E-state index >= 15 is 0 Å². The summed E-state index contributed by atoms with van der Waals surface area (Å²) in [6.07, 6.45) is 0.361. The minimum absolute atomic E-state index is 0.0524. The van der Waals surface area contributed by atoms with Crippen LogP contribution in [0.3, 0.4) is 0 Å². The van der Waals surface area contributed by atoms with E-state index in [2.05, 4.69) is 22.6 Å². The zero-order valence-corrected chi connectivity index (χ0v) is 11.9. The van der Waals surface area contributed by atoms with Gasteiger partial charge in [-0.25, -0.2) is 9.59 Å². The highest BCUT2D eigenvalue weighted by atomic mass is 16.7. The van der Waals surface area contributed by atoms with Gasteiger partial charge in [-0.15, -0.1) is 6.58 Å². The smallest absolute Gasteiger partial charge is 0.466 e. The zero-order valence-electron chi connectivity index (χ0n) is 11.9. The predicted molar refractivity (Wildman–Crippen MR) is 72.6 cm³/mol. The van der Waals surface area contributed by atoms with Crippen molar-refractivity contribution in [3.63, 3.8) is 0 Å². The Hall–Kier alpha value is -1.86. The maximum Gasteiger partial charge on any atom is 0.505 e. The summed E-state index contributed by atoms with van der Waals surface area (Å²) >= 11 is 0. The fourth-order valence-corrected chi connectivity index (χ4v) is 0.749. The van der Waals surface area contributed by atoms with Crippen LogP contribution in [0.5, 0.6) is 0 Å². The van der Waals surface area contributed by atoms with Crippen LogP contribution in [0.2, 0.25) is 0 Å². The fraction of sp³-hybridized carbons (Fsp3) is 0.538. The van der Waals surface area contributed by atoms with Crippen molar-refractivity contribution in [3.8, 4) is 0 Å². The number of esters is 1. The summed E-state index contributed by atoms with van der Waals surface area (Å²) in [6.45, 7) is 10.1. The molecular formula is C13H22O7. The second-order valence-electron chi connectivity index (χ2n) is 3.36. The second-order valence-corrected chi connectivity index (χ2v) is 3.36. The molecule has 0 unspecified atom stereocenters. The lowest BCUT2D eigenvalue weighted by atomic mass is 10.4. The Balaban J connectivity index is 0. The molecule has 7 nitrogen and oxygen atoms in total. The fourth-order valence-electron chi connectivity index (χ4n) is 0.749. The van der Waals surface area contributed by atoms with Gasteiger partial charge < -0.3 is 24.1 Å². The van der Waals surface area contributed by atoms with E-state index in [1.807, 2.05) is 0 Å². The van der Waals surface area contributed by atoms with Crippen LogP contribution in [0.25, 0.3) is 0 Å². The van der Waals surface area contributed by atoms with Gasteiger partial charge >= 0.3 is 12.1 Å². The van der Waals surface area contributed by atoms with Gasteiger partial charge in [0.15, 0.2) is 0 Å². The van der Waals surface area contributed by atoms with Gasteiger partial charge in [-0.1, -0.05) is 12.7 Å². The molecule has 0 radical (unpaired) electrons. The van der Waals surface area contributed by atoms with Crippen LogP contribution in [0.15, 0.2) is 24.8 Å². The summed E-state index contributed by atoms with van der Waals surface area (Å²) in [4.78, 5) is 20.0. The van der Waals surface area contributed by atoms with Gasteiger partial charge in [0, 0.05) is 5.57 Å². The third-order valence-electron chi connectivity index (χ3n) is 1.59. The van der Waals surface area contributed by atoms with E-state index in [1.54, 1.807) is 13.0 Å². The van der Waals surface area contributed by atoms with Crippen molar-refractivity contribution in [3.05, 3.63) is 24.8 Å². The molecule has 0 saturated carbocycles. The number of ether oxygens (including phenoxy) is 4. The topological polar surface area (TPSA) is 91.3 Å². The molecule has 0 aromatic carbocycles. The van der Waals surface area contributed by atoms with Crippen LogP contribution in [0.4, 0.5) is 4.79 Å². The van der Waals surface area contributed by atoms with E-state index < -0.39 is 6.16 Å². The lowest BCUT2D eigenvalue weighted by Gasteiger charge is -2.03. The van der Waals surface area contributed by atoms with Crippen LogP contribution in [0.1, 0.15) is 6.92 Å². The minimum atomic E-state index is -1.29. The molecule has 20 heavy (non-hydrogen) atoms. The standard InChI is InChI=1S/C8H14O5.C5H8O2/c1-2-3-11-4-5-12-6-7-13-8(9)10;1-4(2)5(6)7-3/h2H,1,3-7H2,(H,9,10);1H2,2-3H3. The molecule has 0 aliphatic heterocycles. The molecule has 0 aromatic rings. The Morgan fingerprint density at radius 1 is 1.15 bits per heavy atom. The van der Waals surface area contributed by atoms with Crippen LogP contribution in [-0.2, 0) is 23.7 Å². The Kier molecular flexibility index (Phi) is 15.5. The second kappa shape index (κ2) is 15.2. The maximum atomic E-state index is 10.2. The number of carboxylic acid groups (broad SMARTS) is 1. The van der Waals surface area contributed by atoms with Crippen molar-refractivity contribution in [2.24, 2.45) is 0 Å². The molecule has 0 bridgehead atoms. The highest BCUT2D eigenvalue weighted by Crippen LogP contribution is 1.87. The molecule has 1 N–H and O–H groups in total. The third kappa shape index (κ3) is 18.5. The Morgan fingerprint density at radius 2 is 1.70 bits per heavy atom. The lowest BCUT2D eigenvalue weighted by Crippen LogP contribution is -2.11. The van der Waals surface area contributed by atoms with Gasteiger partial charge in [0.1, 0.15) is 6.61 Å². The lowest BCUT2D eigenvalue weighted by molar-refractivity contribution is -0.136. The molecule has 0 aliphatic rings.